The third-order valence-corrected chi connectivity index (χ3v) is 4.49. The molecule has 0 bridgehead atoms. The Morgan fingerprint density at radius 1 is 1.28 bits per heavy atom. The minimum absolute atomic E-state index is 0.0810. The van der Waals surface area contributed by atoms with Gasteiger partial charge in [0, 0.05) is 19.2 Å². The van der Waals surface area contributed by atoms with Gasteiger partial charge >= 0.3 is 0 Å². The lowest BCUT2D eigenvalue weighted by atomic mass is 10.1. The maximum absolute atomic E-state index is 12.6. The summed E-state index contributed by atoms with van der Waals surface area (Å²) < 4.78 is 12.6. The van der Waals surface area contributed by atoms with Crippen molar-refractivity contribution >= 4 is 22.6 Å². The average molecular weight is 398 g/mol. The molecule has 1 amide bonds. The number of amides is 1. The molecule has 2 aromatic carbocycles. The number of hydrogen-bond acceptors (Lipinski definition) is 6. The zero-order valence-electron chi connectivity index (χ0n) is 16.5. The second-order valence-electron chi connectivity index (χ2n) is 6.27. The van der Waals surface area contributed by atoms with E-state index in [-0.39, 0.29) is 29.3 Å². The lowest BCUT2D eigenvalue weighted by molar-refractivity contribution is -0.385. The Kier molecular flexibility index (Phi) is 5.96. The minimum Gasteiger partial charge on any atom is -0.493 e. The van der Waals surface area contributed by atoms with E-state index in [4.69, 9.17) is 9.47 Å². The van der Waals surface area contributed by atoms with Gasteiger partial charge in [-0.15, -0.1) is 0 Å². The Labute approximate surface area is 167 Å². The fraction of sp³-hybridized carbons (Fsp3) is 0.300. The first-order chi connectivity index (χ1) is 14.0. The summed E-state index contributed by atoms with van der Waals surface area (Å²) in [5.41, 5.74) is 1.43. The average Bonchev–Trinajstić information content (AvgIpc) is 3.03. The van der Waals surface area contributed by atoms with Crippen LogP contribution in [0.15, 0.2) is 36.4 Å². The molecule has 9 nitrogen and oxygen atoms in total. The molecule has 3 aromatic rings. The van der Waals surface area contributed by atoms with E-state index in [1.165, 1.54) is 19.2 Å². The van der Waals surface area contributed by atoms with E-state index in [2.05, 4.69) is 10.3 Å². The van der Waals surface area contributed by atoms with Gasteiger partial charge in [-0.1, -0.05) is 12.1 Å². The fourth-order valence-corrected chi connectivity index (χ4v) is 3.16. The van der Waals surface area contributed by atoms with Crippen molar-refractivity contribution in [3.63, 3.8) is 0 Å². The van der Waals surface area contributed by atoms with Gasteiger partial charge in [0.2, 0.25) is 0 Å². The van der Waals surface area contributed by atoms with Crippen LogP contribution in [0.4, 0.5) is 5.69 Å². The molecule has 0 fully saturated rings. The fourth-order valence-electron chi connectivity index (χ4n) is 3.16. The Balaban J connectivity index is 1.79. The van der Waals surface area contributed by atoms with E-state index in [1.807, 2.05) is 35.8 Å². The van der Waals surface area contributed by atoms with E-state index in [0.717, 1.165) is 16.9 Å². The Hall–Kier alpha value is -3.62. The zero-order chi connectivity index (χ0) is 21.0. The molecule has 0 aliphatic rings. The number of aryl methyl sites for hydroxylation is 1. The van der Waals surface area contributed by atoms with Crippen molar-refractivity contribution in [3.8, 4) is 11.5 Å². The molecule has 9 heteroatoms. The summed E-state index contributed by atoms with van der Waals surface area (Å²) in [6, 6.07) is 10.3. The van der Waals surface area contributed by atoms with Crippen LogP contribution in [0.2, 0.25) is 0 Å². The van der Waals surface area contributed by atoms with E-state index in [9.17, 15) is 14.9 Å². The number of aromatic nitrogens is 2. The first kappa shape index (κ1) is 20.1. The monoisotopic (exact) mass is 398 g/mol. The molecular formula is C20H22N4O5. The predicted molar refractivity (Wildman–Crippen MR) is 108 cm³/mol. The molecule has 29 heavy (non-hydrogen) atoms. The number of methoxy groups -OCH3 is 1. The number of carbonyl (C=O) groups excluding carboxylic acids is 1. The van der Waals surface area contributed by atoms with Gasteiger partial charge in [0.1, 0.15) is 11.4 Å². The highest BCUT2D eigenvalue weighted by molar-refractivity contribution is 5.99. The van der Waals surface area contributed by atoms with E-state index in [0.29, 0.717) is 13.2 Å². The number of benzene rings is 2. The van der Waals surface area contributed by atoms with E-state index >= 15 is 0 Å². The molecule has 0 aliphatic heterocycles. The van der Waals surface area contributed by atoms with Crippen LogP contribution in [0.25, 0.3) is 11.0 Å². The maximum Gasteiger partial charge on any atom is 0.286 e. The molecule has 0 atom stereocenters. The van der Waals surface area contributed by atoms with Crippen LogP contribution in [-0.2, 0) is 6.54 Å². The second-order valence-corrected chi connectivity index (χ2v) is 6.27. The maximum atomic E-state index is 12.6. The molecule has 1 heterocycles. The largest absolute Gasteiger partial charge is 0.493 e. The van der Waals surface area contributed by atoms with Crippen LogP contribution < -0.4 is 14.8 Å². The number of hydrogen-bond donors (Lipinski definition) is 1. The van der Waals surface area contributed by atoms with Gasteiger partial charge in [-0.3, -0.25) is 14.9 Å². The number of ether oxygens (including phenoxy) is 2. The topological polar surface area (TPSA) is 109 Å². The molecule has 1 aromatic heterocycles. The van der Waals surface area contributed by atoms with Gasteiger partial charge in [0.25, 0.3) is 11.6 Å². The normalized spacial score (nSPS) is 10.7. The number of nitrogens with zero attached hydrogens (tertiary/aromatic N) is 3. The molecule has 0 spiro atoms. The second kappa shape index (κ2) is 8.59. The van der Waals surface area contributed by atoms with Crippen LogP contribution in [0.3, 0.4) is 0 Å². The number of carbonyl (C=O) groups is 1. The summed E-state index contributed by atoms with van der Waals surface area (Å²) in [5, 5.41) is 14.2. The molecule has 0 saturated heterocycles. The molecule has 152 valence electrons. The van der Waals surface area contributed by atoms with E-state index < -0.39 is 10.8 Å². The smallest absolute Gasteiger partial charge is 0.286 e. The SMILES string of the molecule is CCOc1cc([N+](=O)[O-])c(C(=O)NCCn2c(C)nc3ccccc32)cc1OC. The van der Waals surface area contributed by atoms with E-state index in [1.54, 1.807) is 6.92 Å². The number of nitro benzene ring substituents is 1. The predicted octanol–water partition coefficient (Wildman–Crippen LogP) is 3.09. The number of para-hydroxylation sites is 2. The summed E-state index contributed by atoms with van der Waals surface area (Å²) >= 11 is 0. The quantitative estimate of drug-likeness (QED) is 0.461. The zero-order valence-corrected chi connectivity index (χ0v) is 16.5. The van der Waals surface area contributed by atoms with Crippen molar-refractivity contribution in [2.45, 2.75) is 20.4 Å². The molecular weight excluding hydrogens is 376 g/mol. The van der Waals surface area contributed by atoms with Gasteiger partial charge < -0.3 is 19.4 Å². The van der Waals surface area contributed by atoms with Crippen molar-refractivity contribution in [2.75, 3.05) is 20.3 Å². The summed E-state index contributed by atoms with van der Waals surface area (Å²) in [6.07, 6.45) is 0. The van der Waals surface area contributed by atoms with Gasteiger partial charge in [-0.25, -0.2) is 4.98 Å². The van der Waals surface area contributed by atoms with Crippen molar-refractivity contribution in [1.82, 2.24) is 14.9 Å². The summed E-state index contributed by atoms with van der Waals surface area (Å²) in [7, 11) is 1.41. The molecule has 3 rings (SSSR count). The van der Waals surface area contributed by atoms with Crippen molar-refractivity contribution in [1.29, 1.82) is 0 Å². The van der Waals surface area contributed by atoms with Crippen LogP contribution in [0.5, 0.6) is 11.5 Å². The third-order valence-electron chi connectivity index (χ3n) is 4.49. The molecule has 0 saturated carbocycles. The van der Waals surface area contributed by atoms with Crippen molar-refractivity contribution < 1.29 is 19.2 Å². The first-order valence-corrected chi connectivity index (χ1v) is 9.15. The lowest BCUT2D eigenvalue weighted by Gasteiger charge is -2.12. The van der Waals surface area contributed by atoms with Gasteiger partial charge in [0.05, 0.1) is 35.7 Å². The van der Waals surface area contributed by atoms with Crippen LogP contribution in [0.1, 0.15) is 23.1 Å². The summed E-state index contributed by atoms with van der Waals surface area (Å²) in [5.74, 6) is 0.757. The molecule has 0 unspecified atom stereocenters. The lowest BCUT2D eigenvalue weighted by Crippen LogP contribution is -2.28. The van der Waals surface area contributed by atoms with Crippen LogP contribution >= 0.6 is 0 Å². The van der Waals surface area contributed by atoms with Gasteiger partial charge in [-0.05, 0) is 26.0 Å². The van der Waals surface area contributed by atoms with Crippen molar-refractivity contribution in [3.05, 3.63) is 57.9 Å². The Bertz CT molecular complexity index is 1060. The van der Waals surface area contributed by atoms with Crippen molar-refractivity contribution in [2.24, 2.45) is 0 Å². The first-order valence-electron chi connectivity index (χ1n) is 9.15. The summed E-state index contributed by atoms with van der Waals surface area (Å²) in [6.45, 7) is 4.74. The summed E-state index contributed by atoms with van der Waals surface area (Å²) in [4.78, 5) is 28.0. The highest BCUT2D eigenvalue weighted by Gasteiger charge is 2.24. The highest BCUT2D eigenvalue weighted by atomic mass is 16.6. The highest BCUT2D eigenvalue weighted by Crippen LogP contribution is 2.34. The van der Waals surface area contributed by atoms with Crippen LogP contribution in [-0.4, -0.2) is 40.6 Å². The molecule has 1 N–H and O–H groups in total. The number of nitrogens with one attached hydrogen (secondary N) is 1. The minimum atomic E-state index is -0.607. The van der Waals surface area contributed by atoms with Gasteiger partial charge in [-0.2, -0.15) is 0 Å². The molecule has 0 radical (unpaired) electrons. The van der Waals surface area contributed by atoms with Crippen LogP contribution in [0, 0.1) is 17.0 Å². The molecule has 0 aliphatic carbocycles. The third kappa shape index (κ3) is 4.13. The number of nitro groups is 1. The van der Waals surface area contributed by atoms with Gasteiger partial charge in [0.15, 0.2) is 11.5 Å². The number of imidazole rings is 1. The number of rotatable bonds is 8. The standard InChI is InChI=1S/C20H22N4O5/c1-4-29-19-12-17(24(26)27)14(11-18(19)28-3)20(25)21-9-10-23-13(2)22-15-7-5-6-8-16(15)23/h5-8,11-12H,4,9-10H2,1-3H3,(H,21,25). The Morgan fingerprint density at radius 2 is 2.03 bits per heavy atom. The Morgan fingerprint density at radius 3 is 2.72 bits per heavy atom. The number of fused-ring (bicyclic) bond motifs is 1.